The van der Waals surface area contributed by atoms with Crippen LogP contribution in [0.4, 0.5) is 4.79 Å². The number of nitrogens with zero attached hydrogens (tertiary/aromatic N) is 2. The van der Waals surface area contributed by atoms with E-state index in [4.69, 9.17) is 10.5 Å². The van der Waals surface area contributed by atoms with Gasteiger partial charge in [0.15, 0.2) is 0 Å². The molecule has 10 heteroatoms. The lowest BCUT2D eigenvalue weighted by molar-refractivity contribution is -0.142. The summed E-state index contributed by atoms with van der Waals surface area (Å²) in [6.45, 7) is 7.40. The molecular formula is C23H33N5O5. The first-order valence-electron chi connectivity index (χ1n) is 10.8. The van der Waals surface area contributed by atoms with Crippen molar-refractivity contribution in [1.29, 1.82) is 0 Å². The molecule has 5 N–H and O–H groups in total. The van der Waals surface area contributed by atoms with E-state index in [1.807, 2.05) is 6.92 Å². The normalized spacial score (nSPS) is 13.2. The van der Waals surface area contributed by atoms with Gasteiger partial charge in [0.05, 0.1) is 6.04 Å². The average Bonchev–Trinajstić information content (AvgIpc) is 3.28. The Balaban J connectivity index is 2.36. The Bertz CT molecular complexity index is 939. The number of amides is 2. The number of carboxylic acid groups (broad SMARTS) is 1. The second-order valence-corrected chi connectivity index (χ2v) is 8.67. The summed E-state index contributed by atoms with van der Waals surface area (Å²) in [5.74, 6) is -1.30. The molecule has 0 bridgehead atoms. The standard InChI is InChI=1S/C23H33N5O5/c1-15(19-25-12-13-26-19)27-14-16-8-5-6-9-17(16)20(29)28(22(32)33-23(2,3)4)18(21(30)31)10-7-11-24/h5-6,8-9,12-13,15,18,27H,7,10-11,14,24H2,1-4H3,(H,25,26)(H,30,31)/t15?,18-/m0/s1. The van der Waals surface area contributed by atoms with Crippen LogP contribution in [0.1, 0.15) is 68.3 Å². The number of benzene rings is 1. The molecule has 1 aromatic heterocycles. The van der Waals surface area contributed by atoms with Crippen LogP contribution in [0.2, 0.25) is 0 Å². The highest BCUT2D eigenvalue weighted by atomic mass is 16.6. The minimum absolute atomic E-state index is 0.0206. The van der Waals surface area contributed by atoms with Crippen molar-refractivity contribution in [2.24, 2.45) is 5.73 Å². The zero-order chi connectivity index (χ0) is 24.6. The molecule has 0 aliphatic heterocycles. The van der Waals surface area contributed by atoms with Crippen molar-refractivity contribution in [3.05, 3.63) is 53.6 Å². The summed E-state index contributed by atoms with van der Waals surface area (Å²) in [6.07, 6.45) is 2.71. The van der Waals surface area contributed by atoms with E-state index in [0.717, 1.165) is 5.82 Å². The number of aromatic amines is 1. The van der Waals surface area contributed by atoms with Crippen LogP contribution >= 0.6 is 0 Å². The fourth-order valence-corrected chi connectivity index (χ4v) is 3.22. The average molecular weight is 460 g/mol. The Labute approximate surface area is 193 Å². The predicted octanol–water partition coefficient (Wildman–Crippen LogP) is 2.83. The first kappa shape index (κ1) is 26.0. The minimum Gasteiger partial charge on any atom is -0.480 e. The van der Waals surface area contributed by atoms with Gasteiger partial charge in [-0.05, 0) is 58.7 Å². The van der Waals surface area contributed by atoms with E-state index in [1.54, 1.807) is 57.4 Å². The van der Waals surface area contributed by atoms with Crippen molar-refractivity contribution in [2.75, 3.05) is 6.54 Å². The number of hydrogen-bond donors (Lipinski definition) is 4. The number of imide groups is 1. The van der Waals surface area contributed by atoms with Crippen molar-refractivity contribution in [3.8, 4) is 0 Å². The molecule has 0 saturated carbocycles. The number of carbonyl (C=O) groups is 3. The summed E-state index contributed by atoms with van der Waals surface area (Å²) in [4.78, 5) is 46.5. The summed E-state index contributed by atoms with van der Waals surface area (Å²) in [7, 11) is 0. The third-order valence-electron chi connectivity index (χ3n) is 4.86. The Kier molecular flexibility index (Phi) is 9.12. The maximum Gasteiger partial charge on any atom is 0.418 e. The van der Waals surface area contributed by atoms with E-state index in [9.17, 15) is 19.5 Å². The molecule has 0 aliphatic carbocycles. The maximum atomic E-state index is 13.6. The molecule has 33 heavy (non-hydrogen) atoms. The van der Waals surface area contributed by atoms with Gasteiger partial charge in [-0.25, -0.2) is 19.5 Å². The first-order chi connectivity index (χ1) is 15.5. The highest BCUT2D eigenvalue weighted by Crippen LogP contribution is 2.21. The summed E-state index contributed by atoms with van der Waals surface area (Å²) < 4.78 is 5.38. The molecule has 0 radical (unpaired) electrons. The predicted molar refractivity (Wildman–Crippen MR) is 122 cm³/mol. The zero-order valence-electron chi connectivity index (χ0n) is 19.5. The molecule has 180 valence electrons. The zero-order valence-corrected chi connectivity index (χ0v) is 19.5. The van der Waals surface area contributed by atoms with Crippen LogP contribution in [0.15, 0.2) is 36.7 Å². The van der Waals surface area contributed by atoms with Gasteiger partial charge in [0.2, 0.25) is 0 Å². The molecule has 2 atom stereocenters. The summed E-state index contributed by atoms with van der Waals surface area (Å²) in [6, 6.07) is 5.22. The van der Waals surface area contributed by atoms with E-state index in [1.165, 1.54) is 0 Å². The molecule has 0 saturated heterocycles. The van der Waals surface area contributed by atoms with E-state index in [2.05, 4.69) is 15.3 Å². The quantitative estimate of drug-likeness (QED) is 0.423. The van der Waals surface area contributed by atoms with Crippen molar-refractivity contribution in [2.45, 2.75) is 64.8 Å². The Morgan fingerprint density at radius 3 is 2.55 bits per heavy atom. The van der Waals surface area contributed by atoms with Crippen LogP contribution in [-0.4, -0.2) is 56.1 Å². The van der Waals surface area contributed by atoms with Gasteiger partial charge in [0, 0.05) is 24.5 Å². The van der Waals surface area contributed by atoms with E-state index in [0.29, 0.717) is 23.4 Å². The monoisotopic (exact) mass is 459 g/mol. The largest absolute Gasteiger partial charge is 0.480 e. The number of nitrogens with two attached hydrogens (primary N) is 1. The third-order valence-corrected chi connectivity index (χ3v) is 4.86. The molecular weight excluding hydrogens is 426 g/mol. The van der Waals surface area contributed by atoms with Crippen molar-refractivity contribution < 1.29 is 24.2 Å². The van der Waals surface area contributed by atoms with Gasteiger partial charge >= 0.3 is 12.1 Å². The van der Waals surface area contributed by atoms with Gasteiger partial charge in [-0.3, -0.25) is 4.79 Å². The number of hydrogen-bond acceptors (Lipinski definition) is 7. The number of carbonyl (C=O) groups excluding carboxylic acids is 2. The second kappa shape index (κ2) is 11.6. The Morgan fingerprint density at radius 2 is 1.97 bits per heavy atom. The highest BCUT2D eigenvalue weighted by molar-refractivity contribution is 6.06. The molecule has 10 nitrogen and oxygen atoms in total. The van der Waals surface area contributed by atoms with Crippen molar-refractivity contribution in [3.63, 3.8) is 0 Å². The molecule has 0 aliphatic rings. The van der Waals surface area contributed by atoms with Crippen molar-refractivity contribution >= 4 is 18.0 Å². The summed E-state index contributed by atoms with van der Waals surface area (Å²) >= 11 is 0. The lowest BCUT2D eigenvalue weighted by atomic mass is 10.0. The van der Waals surface area contributed by atoms with Gasteiger partial charge < -0.3 is 25.9 Å². The topological polar surface area (TPSA) is 151 Å². The van der Waals surface area contributed by atoms with Crippen LogP contribution in [0.5, 0.6) is 0 Å². The number of H-pyrrole nitrogens is 1. The highest BCUT2D eigenvalue weighted by Gasteiger charge is 2.38. The number of nitrogens with one attached hydrogen (secondary N) is 2. The third kappa shape index (κ3) is 7.40. The first-order valence-corrected chi connectivity index (χ1v) is 10.8. The molecule has 2 amide bonds. The lowest BCUT2D eigenvalue weighted by Crippen LogP contribution is -2.50. The van der Waals surface area contributed by atoms with Gasteiger partial charge in [0.25, 0.3) is 5.91 Å². The Morgan fingerprint density at radius 1 is 1.27 bits per heavy atom. The van der Waals surface area contributed by atoms with Gasteiger partial charge in [-0.15, -0.1) is 0 Å². The van der Waals surface area contributed by atoms with Crippen LogP contribution < -0.4 is 11.1 Å². The Hall–Kier alpha value is -3.24. The van der Waals surface area contributed by atoms with Crippen LogP contribution in [-0.2, 0) is 16.1 Å². The lowest BCUT2D eigenvalue weighted by Gasteiger charge is -2.30. The molecule has 1 unspecified atom stereocenters. The second-order valence-electron chi connectivity index (χ2n) is 8.67. The summed E-state index contributed by atoms with van der Waals surface area (Å²) in [5, 5.41) is 13.1. The van der Waals surface area contributed by atoms with E-state index < -0.39 is 29.6 Å². The van der Waals surface area contributed by atoms with E-state index in [-0.39, 0.29) is 24.6 Å². The molecule has 0 spiro atoms. The van der Waals surface area contributed by atoms with E-state index >= 15 is 0 Å². The SMILES string of the molecule is CC(NCc1ccccc1C(=O)N(C(=O)OC(C)(C)C)[C@@H](CCCN)C(=O)O)c1ncc[nH]1. The van der Waals surface area contributed by atoms with Crippen LogP contribution in [0.3, 0.4) is 0 Å². The minimum atomic E-state index is -1.40. The smallest absolute Gasteiger partial charge is 0.418 e. The fourth-order valence-electron chi connectivity index (χ4n) is 3.22. The number of carboxylic acids is 1. The molecule has 2 aromatic rings. The van der Waals surface area contributed by atoms with Crippen LogP contribution in [0, 0.1) is 0 Å². The van der Waals surface area contributed by atoms with Crippen LogP contribution in [0.25, 0.3) is 0 Å². The number of ether oxygens (including phenoxy) is 1. The van der Waals surface area contributed by atoms with Gasteiger partial charge in [-0.2, -0.15) is 0 Å². The van der Waals surface area contributed by atoms with Gasteiger partial charge in [0.1, 0.15) is 17.5 Å². The molecule has 1 heterocycles. The number of rotatable bonds is 10. The van der Waals surface area contributed by atoms with Crippen molar-refractivity contribution in [1.82, 2.24) is 20.2 Å². The fraction of sp³-hybridized carbons (Fsp3) is 0.478. The molecule has 0 fully saturated rings. The number of aromatic nitrogens is 2. The number of aliphatic carboxylic acids is 1. The molecule has 1 aromatic carbocycles. The number of imidazole rings is 1. The molecule has 2 rings (SSSR count). The van der Waals surface area contributed by atoms with Gasteiger partial charge in [-0.1, -0.05) is 18.2 Å². The summed E-state index contributed by atoms with van der Waals surface area (Å²) in [5.41, 5.74) is 5.45. The maximum absolute atomic E-state index is 13.6.